The van der Waals surface area contributed by atoms with E-state index in [0.717, 1.165) is 11.3 Å². The van der Waals surface area contributed by atoms with E-state index in [4.69, 9.17) is 9.47 Å². The number of nitrogens with one attached hydrogen (secondary N) is 2. The van der Waals surface area contributed by atoms with E-state index in [-0.39, 0.29) is 24.4 Å². The summed E-state index contributed by atoms with van der Waals surface area (Å²) in [7, 11) is 3.45. The Balaban J connectivity index is 0.00000484. The molecule has 0 saturated heterocycles. The number of carbonyl (C=O) groups excluding carboxylic acids is 1. The lowest BCUT2D eigenvalue weighted by molar-refractivity contribution is -0.121. The van der Waals surface area contributed by atoms with Gasteiger partial charge in [0, 0.05) is 13.0 Å². The van der Waals surface area contributed by atoms with Crippen molar-refractivity contribution < 1.29 is 14.3 Å². The second-order valence-electron chi connectivity index (χ2n) is 5.76. The van der Waals surface area contributed by atoms with Crippen LogP contribution in [0.1, 0.15) is 38.8 Å². The molecule has 0 saturated carbocycles. The van der Waals surface area contributed by atoms with Crippen molar-refractivity contribution in [3.63, 3.8) is 0 Å². The highest BCUT2D eigenvalue weighted by atomic mass is 35.5. The maximum Gasteiger partial charge on any atom is 0.221 e. The molecular formula is C17H29ClN2O3. The van der Waals surface area contributed by atoms with Crippen LogP contribution in [0.3, 0.4) is 0 Å². The van der Waals surface area contributed by atoms with Crippen LogP contribution in [0, 0.1) is 5.92 Å². The molecule has 1 unspecified atom stereocenters. The van der Waals surface area contributed by atoms with E-state index in [9.17, 15) is 4.79 Å². The zero-order valence-electron chi connectivity index (χ0n) is 14.6. The second kappa shape index (κ2) is 11.1. The van der Waals surface area contributed by atoms with Gasteiger partial charge in [0.25, 0.3) is 0 Å². The number of rotatable bonds is 9. The first-order valence-corrected chi connectivity index (χ1v) is 7.72. The fraction of sp³-hybridized carbons (Fsp3) is 0.588. The highest BCUT2D eigenvalue weighted by molar-refractivity contribution is 5.85. The maximum absolute atomic E-state index is 11.8. The Morgan fingerprint density at radius 1 is 1.22 bits per heavy atom. The fourth-order valence-electron chi connectivity index (χ4n) is 1.96. The first kappa shape index (κ1) is 21.5. The van der Waals surface area contributed by atoms with Crippen LogP contribution in [-0.2, 0) is 4.79 Å². The van der Waals surface area contributed by atoms with Gasteiger partial charge in [0.2, 0.25) is 5.91 Å². The Kier molecular flexibility index (Phi) is 10.4. The van der Waals surface area contributed by atoms with Crippen LogP contribution in [-0.4, -0.2) is 33.2 Å². The minimum atomic E-state index is -0.0718. The molecule has 0 heterocycles. The van der Waals surface area contributed by atoms with Gasteiger partial charge in [-0.2, -0.15) is 0 Å². The van der Waals surface area contributed by atoms with E-state index in [1.54, 1.807) is 7.11 Å². The molecule has 1 aromatic rings. The average molecular weight is 345 g/mol. The van der Waals surface area contributed by atoms with Gasteiger partial charge in [0.15, 0.2) is 11.5 Å². The number of methoxy groups -OCH3 is 1. The molecule has 0 aromatic heterocycles. The summed E-state index contributed by atoms with van der Waals surface area (Å²) in [5.74, 6) is 1.90. The molecule has 132 valence electrons. The Hall–Kier alpha value is -1.46. The number of amides is 1. The maximum atomic E-state index is 11.8. The van der Waals surface area contributed by atoms with Gasteiger partial charge in [-0.1, -0.05) is 19.9 Å². The third-order valence-electron chi connectivity index (χ3n) is 3.24. The van der Waals surface area contributed by atoms with Crippen LogP contribution in [0.15, 0.2) is 18.2 Å². The van der Waals surface area contributed by atoms with Crippen molar-refractivity contribution in [3.05, 3.63) is 23.8 Å². The quantitative estimate of drug-likeness (QED) is 0.723. The summed E-state index contributed by atoms with van der Waals surface area (Å²) < 4.78 is 11.1. The summed E-state index contributed by atoms with van der Waals surface area (Å²) in [6.07, 6.45) is 0.466. The van der Waals surface area contributed by atoms with Crippen molar-refractivity contribution in [3.8, 4) is 11.5 Å². The molecule has 1 atom stereocenters. The van der Waals surface area contributed by atoms with E-state index in [0.29, 0.717) is 31.2 Å². The van der Waals surface area contributed by atoms with Gasteiger partial charge in [-0.15, -0.1) is 12.4 Å². The predicted molar refractivity (Wildman–Crippen MR) is 95.7 cm³/mol. The number of hydrogen-bond acceptors (Lipinski definition) is 4. The zero-order chi connectivity index (χ0) is 16.5. The number of benzene rings is 1. The van der Waals surface area contributed by atoms with Crippen molar-refractivity contribution in [1.29, 1.82) is 0 Å². The van der Waals surface area contributed by atoms with Crippen molar-refractivity contribution in [1.82, 2.24) is 10.6 Å². The Labute approximate surface area is 145 Å². The molecule has 0 radical (unpaired) electrons. The van der Waals surface area contributed by atoms with Gasteiger partial charge in [-0.05, 0) is 37.6 Å². The SMILES string of the molecule is CNCCC(=O)NC(C)c1ccc(OCC(C)C)c(OC)c1.Cl. The van der Waals surface area contributed by atoms with E-state index in [2.05, 4.69) is 24.5 Å². The summed E-state index contributed by atoms with van der Waals surface area (Å²) in [4.78, 5) is 11.8. The Morgan fingerprint density at radius 2 is 1.91 bits per heavy atom. The van der Waals surface area contributed by atoms with Crippen molar-refractivity contribution in [2.75, 3.05) is 27.3 Å². The predicted octanol–water partition coefficient (Wildman–Crippen LogP) is 2.94. The average Bonchev–Trinajstić information content (AvgIpc) is 2.50. The van der Waals surface area contributed by atoms with Crippen LogP contribution < -0.4 is 20.1 Å². The molecule has 0 aliphatic rings. The summed E-state index contributed by atoms with van der Waals surface area (Å²) in [6, 6.07) is 5.70. The monoisotopic (exact) mass is 344 g/mol. The summed E-state index contributed by atoms with van der Waals surface area (Å²) in [5, 5.41) is 5.94. The van der Waals surface area contributed by atoms with Gasteiger partial charge >= 0.3 is 0 Å². The highest BCUT2D eigenvalue weighted by Gasteiger charge is 2.13. The number of ether oxygens (including phenoxy) is 2. The summed E-state index contributed by atoms with van der Waals surface area (Å²) >= 11 is 0. The zero-order valence-corrected chi connectivity index (χ0v) is 15.5. The lowest BCUT2D eigenvalue weighted by Crippen LogP contribution is -2.29. The molecule has 5 nitrogen and oxygen atoms in total. The molecule has 1 aromatic carbocycles. The standard InChI is InChI=1S/C17H28N2O3.ClH/c1-12(2)11-22-15-7-6-14(10-16(15)21-5)13(3)19-17(20)8-9-18-4;/h6-7,10,12-13,18H,8-9,11H2,1-5H3,(H,19,20);1H. The van der Waals surface area contributed by atoms with E-state index < -0.39 is 0 Å². The van der Waals surface area contributed by atoms with Gasteiger partial charge < -0.3 is 20.1 Å². The van der Waals surface area contributed by atoms with E-state index in [1.807, 2.05) is 32.2 Å². The smallest absolute Gasteiger partial charge is 0.221 e. The molecule has 0 aliphatic heterocycles. The van der Waals surface area contributed by atoms with Gasteiger partial charge in [0.1, 0.15) is 0 Å². The molecule has 6 heteroatoms. The van der Waals surface area contributed by atoms with Crippen molar-refractivity contribution >= 4 is 18.3 Å². The molecular weight excluding hydrogens is 316 g/mol. The first-order valence-electron chi connectivity index (χ1n) is 7.72. The van der Waals surface area contributed by atoms with Gasteiger partial charge in [-0.25, -0.2) is 0 Å². The molecule has 0 spiro atoms. The molecule has 0 fully saturated rings. The van der Waals surface area contributed by atoms with E-state index in [1.165, 1.54) is 0 Å². The summed E-state index contributed by atoms with van der Waals surface area (Å²) in [5.41, 5.74) is 0.992. The van der Waals surface area contributed by atoms with Gasteiger partial charge in [0.05, 0.1) is 19.8 Å². The summed E-state index contributed by atoms with van der Waals surface area (Å²) in [6.45, 7) is 7.48. The van der Waals surface area contributed by atoms with Crippen LogP contribution in [0.4, 0.5) is 0 Å². The number of halogens is 1. The van der Waals surface area contributed by atoms with Crippen LogP contribution in [0.5, 0.6) is 11.5 Å². The minimum Gasteiger partial charge on any atom is -0.493 e. The third-order valence-corrected chi connectivity index (χ3v) is 3.24. The van der Waals surface area contributed by atoms with Crippen LogP contribution >= 0.6 is 12.4 Å². The lowest BCUT2D eigenvalue weighted by atomic mass is 10.1. The third kappa shape index (κ3) is 7.57. The lowest BCUT2D eigenvalue weighted by Gasteiger charge is -2.17. The van der Waals surface area contributed by atoms with Gasteiger partial charge in [-0.3, -0.25) is 4.79 Å². The number of carbonyl (C=O) groups is 1. The largest absolute Gasteiger partial charge is 0.493 e. The molecule has 1 rings (SSSR count). The van der Waals surface area contributed by atoms with Crippen molar-refractivity contribution in [2.45, 2.75) is 33.2 Å². The highest BCUT2D eigenvalue weighted by Crippen LogP contribution is 2.30. The van der Waals surface area contributed by atoms with Crippen molar-refractivity contribution in [2.24, 2.45) is 5.92 Å². The Bertz CT molecular complexity index is 481. The Morgan fingerprint density at radius 3 is 2.48 bits per heavy atom. The van der Waals surface area contributed by atoms with Crippen LogP contribution in [0.2, 0.25) is 0 Å². The number of hydrogen-bond donors (Lipinski definition) is 2. The fourth-order valence-corrected chi connectivity index (χ4v) is 1.96. The molecule has 2 N–H and O–H groups in total. The normalized spacial score (nSPS) is 11.6. The molecule has 0 aliphatic carbocycles. The second-order valence-corrected chi connectivity index (χ2v) is 5.76. The van der Waals surface area contributed by atoms with E-state index >= 15 is 0 Å². The minimum absolute atomic E-state index is 0. The molecule has 1 amide bonds. The topological polar surface area (TPSA) is 59.6 Å². The molecule has 23 heavy (non-hydrogen) atoms. The van der Waals surface area contributed by atoms with Crippen LogP contribution in [0.25, 0.3) is 0 Å². The first-order chi connectivity index (χ1) is 10.5. The molecule has 0 bridgehead atoms.